The van der Waals surface area contributed by atoms with E-state index in [1.165, 1.54) is 38.8 Å². The second-order valence-corrected chi connectivity index (χ2v) is 5.10. The van der Waals surface area contributed by atoms with Crippen molar-refractivity contribution >= 4 is 0 Å². The van der Waals surface area contributed by atoms with Crippen molar-refractivity contribution in [3.63, 3.8) is 0 Å². The summed E-state index contributed by atoms with van der Waals surface area (Å²) in [5, 5.41) is 0. The van der Waals surface area contributed by atoms with Gasteiger partial charge in [0.15, 0.2) is 0 Å². The third-order valence-electron chi connectivity index (χ3n) is 4.12. The molecule has 0 aromatic rings. The van der Waals surface area contributed by atoms with Gasteiger partial charge in [-0.1, -0.05) is 6.42 Å². The molecule has 3 heteroatoms. The summed E-state index contributed by atoms with van der Waals surface area (Å²) in [5.41, 5.74) is 5.91. The molecule has 0 aromatic heterocycles. The number of likely N-dealkylation sites (tertiary alicyclic amines) is 1. The summed E-state index contributed by atoms with van der Waals surface area (Å²) in [4.78, 5) is 2.60. The van der Waals surface area contributed by atoms with Crippen LogP contribution in [0.25, 0.3) is 0 Å². The van der Waals surface area contributed by atoms with Crippen LogP contribution in [0.5, 0.6) is 0 Å². The quantitative estimate of drug-likeness (QED) is 0.741. The maximum Gasteiger partial charge on any atom is 0.0503 e. The van der Waals surface area contributed by atoms with E-state index >= 15 is 0 Å². The molecular weight excluding hydrogens is 188 g/mol. The highest BCUT2D eigenvalue weighted by Crippen LogP contribution is 2.33. The summed E-state index contributed by atoms with van der Waals surface area (Å²) in [5.74, 6) is 1.63. The van der Waals surface area contributed by atoms with Gasteiger partial charge in [-0.3, -0.25) is 4.90 Å². The Bertz CT molecular complexity index is 194. The van der Waals surface area contributed by atoms with Crippen LogP contribution in [0.1, 0.15) is 25.7 Å². The number of rotatable bonds is 5. The zero-order chi connectivity index (χ0) is 10.7. The molecule has 0 radical (unpaired) electrons. The van der Waals surface area contributed by atoms with E-state index in [-0.39, 0.29) is 0 Å². The van der Waals surface area contributed by atoms with Gasteiger partial charge in [0.1, 0.15) is 0 Å². The standard InChI is InChI=1S/C12H24N2O/c1-15-9-10-5-6-14(8-10)12(7-13)11-3-2-4-11/h10-12H,2-9,13H2,1H3. The first-order valence-electron chi connectivity index (χ1n) is 6.28. The van der Waals surface area contributed by atoms with E-state index in [1.807, 2.05) is 0 Å². The summed E-state index contributed by atoms with van der Waals surface area (Å²) >= 11 is 0. The normalized spacial score (nSPS) is 30.4. The number of nitrogens with two attached hydrogens (primary N) is 1. The van der Waals surface area contributed by atoms with Gasteiger partial charge in [-0.05, 0) is 37.6 Å². The molecule has 0 bridgehead atoms. The number of ether oxygens (including phenoxy) is 1. The van der Waals surface area contributed by atoms with Crippen molar-refractivity contribution in [2.45, 2.75) is 31.7 Å². The minimum atomic E-state index is 0.653. The maximum absolute atomic E-state index is 5.91. The molecule has 15 heavy (non-hydrogen) atoms. The summed E-state index contributed by atoms with van der Waals surface area (Å²) in [6, 6.07) is 0.653. The van der Waals surface area contributed by atoms with Gasteiger partial charge in [0.25, 0.3) is 0 Å². The molecule has 1 saturated heterocycles. The van der Waals surface area contributed by atoms with Crippen molar-refractivity contribution in [2.24, 2.45) is 17.6 Å². The Morgan fingerprint density at radius 2 is 2.20 bits per heavy atom. The molecule has 2 fully saturated rings. The van der Waals surface area contributed by atoms with Crippen molar-refractivity contribution in [1.82, 2.24) is 4.90 Å². The van der Waals surface area contributed by atoms with Crippen LogP contribution in [0.2, 0.25) is 0 Å². The van der Waals surface area contributed by atoms with Gasteiger partial charge in [-0.2, -0.15) is 0 Å². The molecule has 2 N–H and O–H groups in total. The molecule has 1 saturated carbocycles. The fourth-order valence-electron chi connectivity index (χ4n) is 3.00. The van der Waals surface area contributed by atoms with E-state index in [4.69, 9.17) is 10.5 Å². The summed E-state index contributed by atoms with van der Waals surface area (Å²) < 4.78 is 5.23. The van der Waals surface area contributed by atoms with Crippen LogP contribution in [-0.2, 0) is 4.74 Å². The molecule has 3 nitrogen and oxygen atoms in total. The highest BCUT2D eigenvalue weighted by Gasteiger charge is 2.34. The van der Waals surface area contributed by atoms with Crippen LogP contribution in [0.3, 0.4) is 0 Å². The molecular formula is C12H24N2O. The highest BCUT2D eigenvalue weighted by atomic mass is 16.5. The molecule has 2 atom stereocenters. The van der Waals surface area contributed by atoms with Gasteiger partial charge in [0.2, 0.25) is 0 Å². The zero-order valence-corrected chi connectivity index (χ0v) is 9.82. The second kappa shape index (κ2) is 5.28. The monoisotopic (exact) mass is 212 g/mol. The predicted octanol–water partition coefficient (Wildman–Crippen LogP) is 1.08. The Morgan fingerprint density at radius 1 is 1.40 bits per heavy atom. The third-order valence-corrected chi connectivity index (χ3v) is 4.12. The van der Waals surface area contributed by atoms with Crippen LogP contribution in [0.15, 0.2) is 0 Å². The summed E-state index contributed by atoms with van der Waals surface area (Å²) in [6.45, 7) is 4.18. The maximum atomic E-state index is 5.91. The molecule has 2 rings (SSSR count). The smallest absolute Gasteiger partial charge is 0.0503 e. The Hall–Kier alpha value is -0.120. The second-order valence-electron chi connectivity index (χ2n) is 5.10. The van der Waals surface area contributed by atoms with Crippen molar-refractivity contribution in [1.29, 1.82) is 0 Å². The molecule has 88 valence electrons. The van der Waals surface area contributed by atoms with E-state index in [0.29, 0.717) is 6.04 Å². The van der Waals surface area contributed by atoms with Gasteiger partial charge in [0, 0.05) is 26.2 Å². The van der Waals surface area contributed by atoms with Gasteiger partial charge in [-0.15, -0.1) is 0 Å². The molecule has 2 unspecified atom stereocenters. The van der Waals surface area contributed by atoms with E-state index in [0.717, 1.165) is 25.0 Å². The number of nitrogens with zero attached hydrogens (tertiary/aromatic N) is 1. The topological polar surface area (TPSA) is 38.5 Å². The van der Waals surface area contributed by atoms with Crippen molar-refractivity contribution in [3.8, 4) is 0 Å². The largest absolute Gasteiger partial charge is 0.384 e. The lowest BCUT2D eigenvalue weighted by molar-refractivity contribution is 0.107. The van der Waals surface area contributed by atoms with Gasteiger partial charge in [-0.25, -0.2) is 0 Å². The van der Waals surface area contributed by atoms with Gasteiger partial charge >= 0.3 is 0 Å². The van der Waals surface area contributed by atoms with Crippen molar-refractivity contribution in [3.05, 3.63) is 0 Å². The predicted molar refractivity (Wildman–Crippen MR) is 61.7 cm³/mol. The Morgan fingerprint density at radius 3 is 2.73 bits per heavy atom. The Kier molecular flexibility index (Phi) is 4.00. The average Bonchev–Trinajstić information content (AvgIpc) is 2.60. The molecule has 0 amide bonds. The zero-order valence-electron chi connectivity index (χ0n) is 9.82. The van der Waals surface area contributed by atoms with Gasteiger partial charge in [0.05, 0.1) is 6.61 Å². The minimum absolute atomic E-state index is 0.653. The molecule has 1 heterocycles. The SMILES string of the molecule is COCC1CCN(C(CN)C2CCC2)C1. The van der Waals surface area contributed by atoms with E-state index < -0.39 is 0 Å². The van der Waals surface area contributed by atoms with Gasteiger partial charge < -0.3 is 10.5 Å². The molecule has 0 aromatic carbocycles. The third kappa shape index (κ3) is 2.52. The first-order valence-corrected chi connectivity index (χ1v) is 6.28. The van der Waals surface area contributed by atoms with E-state index in [2.05, 4.69) is 4.90 Å². The molecule has 2 aliphatic rings. The summed E-state index contributed by atoms with van der Waals surface area (Å²) in [7, 11) is 1.80. The van der Waals surface area contributed by atoms with Crippen LogP contribution < -0.4 is 5.73 Å². The van der Waals surface area contributed by atoms with Crippen LogP contribution >= 0.6 is 0 Å². The first-order chi connectivity index (χ1) is 7.35. The van der Waals surface area contributed by atoms with Crippen molar-refractivity contribution < 1.29 is 4.74 Å². The van der Waals surface area contributed by atoms with Crippen molar-refractivity contribution in [2.75, 3.05) is 33.4 Å². The number of methoxy groups -OCH3 is 1. The highest BCUT2D eigenvalue weighted by molar-refractivity contribution is 4.89. The Labute approximate surface area is 93.0 Å². The van der Waals surface area contributed by atoms with E-state index in [9.17, 15) is 0 Å². The Balaban J connectivity index is 1.81. The number of hydrogen-bond donors (Lipinski definition) is 1. The van der Waals surface area contributed by atoms with Crippen LogP contribution in [-0.4, -0.2) is 44.3 Å². The average molecular weight is 212 g/mol. The fraction of sp³-hybridized carbons (Fsp3) is 1.00. The van der Waals surface area contributed by atoms with Crippen LogP contribution in [0.4, 0.5) is 0 Å². The lowest BCUT2D eigenvalue weighted by atomic mass is 9.79. The minimum Gasteiger partial charge on any atom is -0.384 e. The van der Waals surface area contributed by atoms with Crippen LogP contribution in [0, 0.1) is 11.8 Å². The van der Waals surface area contributed by atoms with E-state index in [1.54, 1.807) is 7.11 Å². The lowest BCUT2D eigenvalue weighted by Crippen LogP contribution is -2.46. The first kappa shape index (κ1) is 11.4. The fourth-order valence-corrected chi connectivity index (χ4v) is 3.00. The molecule has 1 aliphatic heterocycles. The summed E-state index contributed by atoms with van der Waals surface area (Å²) in [6.07, 6.45) is 5.49. The molecule has 1 aliphatic carbocycles. The molecule has 0 spiro atoms. The lowest BCUT2D eigenvalue weighted by Gasteiger charge is -2.39. The number of hydrogen-bond acceptors (Lipinski definition) is 3.